The van der Waals surface area contributed by atoms with Crippen LogP contribution in [0.2, 0.25) is 0 Å². The lowest BCUT2D eigenvalue weighted by Gasteiger charge is -2.39. The zero-order valence-electron chi connectivity index (χ0n) is 10.6. The molecule has 2 atom stereocenters. The molecule has 1 N–H and O–H groups in total. The van der Waals surface area contributed by atoms with Crippen molar-refractivity contribution < 1.29 is 4.74 Å². The predicted octanol–water partition coefficient (Wildman–Crippen LogP) is 1.63. The number of likely N-dealkylation sites (tertiary alicyclic amines) is 1. The first-order valence-corrected chi connectivity index (χ1v) is 6.96. The Balaban J connectivity index is 1.81. The molecule has 2 aliphatic heterocycles. The van der Waals surface area contributed by atoms with Crippen LogP contribution < -0.4 is 5.32 Å². The average Bonchev–Trinajstić information content (AvgIpc) is 2.83. The third-order valence-electron chi connectivity index (χ3n) is 3.85. The van der Waals surface area contributed by atoms with Gasteiger partial charge in [-0.3, -0.25) is 4.90 Å². The van der Waals surface area contributed by atoms with E-state index in [1.807, 2.05) is 0 Å². The van der Waals surface area contributed by atoms with E-state index in [0.29, 0.717) is 6.04 Å². The summed E-state index contributed by atoms with van der Waals surface area (Å²) in [6.07, 6.45) is 6.63. The van der Waals surface area contributed by atoms with Gasteiger partial charge in [-0.05, 0) is 38.8 Å². The summed E-state index contributed by atoms with van der Waals surface area (Å²) in [6.45, 7) is 7.78. The van der Waals surface area contributed by atoms with Gasteiger partial charge >= 0.3 is 0 Å². The molecule has 0 spiro atoms. The second kappa shape index (κ2) is 6.58. The Bertz CT molecular complexity index is 192. The van der Waals surface area contributed by atoms with Crippen molar-refractivity contribution in [1.82, 2.24) is 10.2 Å². The highest BCUT2D eigenvalue weighted by Gasteiger charge is 2.30. The molecule has 0 aromatic rings. The zero-order chi connectivity index (χ0) is 11.2. The lowest BCUT2D eigenvalue weighted by Crippen LogP contribution is -2.50. The van der Waals surface area contributed by atoms with Gasteiger partial charge in [-0.1, -0.05) is 13.3 Å². The molecule has 2 fully saturated rings. The van der Waals surface area contributed by atoms with E-state index in [0.717, 1.165) is 25.8 Å². The summed E-state index contributed by atoms with van der Waals surface area (Å²) < 4.78 is 5.52. The number of hydrogen-bond acceptors (Lipinski definition) is 3. The monoisotopic (exact) mass is 226 g/mol. The van der Waals surface area contributed by atoms with E-state index in [-0.39, 0.29) is 0 Å². The first-order chi connectivity index (χ1) is 7.92. The highest BCUT2D eigenvalue weighted by Crippen LogP contribution is 2.23. The first kappa shape index (κ1) is 12.3. The zero-order valence-corrected chi connectivity index (χ0v) is 10.6. The van der Waals surface area contributed by atoms with Gasteiger partial charge in [0, 0.05) is 25.2 Å². The van der Waals surface area contributed by atoms with Crippen LogP contribution >= 0.6 is 0 Å². The van der Waals surface area contributed by atoms with Crippen LogP contribution in [-0.4, -0.2) is 49.8 Å². The van der Waals surface area contributed by atoms with E-state index in [2.05, 4.69) is 17.1 Å². The van der Waals surface area contributed by atoms with Crippen molar-refractivity contribution in [3.63, 3.8) is 0 Å². The van der Waals surface area contributed by atoms with Crippen LogP contribution in [0.15, 0.2) is 0 Å². The normalized spacial score (nSPS) is 32.1. The molecule has 0 amide bonds. The fraction of sp³-hybridized carbons (Fsp3) is 1.00. The third-order valence-corrected chi connectivity index (χ3v) is 3.85. The van der Waals surface area contributed by atoms with Crippen molar-refractivity contribution >= 4 is 0 Å². The molecule has 0 aromatic heterocycles. The van der Waals surface area contributed by atoms with E-state index in [4.69, 9.17) is 4.74 Å². The molecular formula is C13H26N2O. The van der Waals surface area contributed by atoms with E-state index < -0.39 is 0 Å². The Kier molecular flexibility index (Phi) is 5.07. The van der Waals surface area contributed by atoms with Gasteiger partial charge in [0.15, 0.2) is 0 Å². The number of nitrogens with zero attached hydrogens (tertiary/aromatic N) is 1. The van der Waals surface area contributed by atoms with Gasteiger partial charge in [0.2, 0.25) is 0 Å². The molecule has 2 aliphatic rings. The highest BCUT2D eigenvalue weighted by molar-refractivity contribution is 4.86. The second-order valence-corrected chi connectivity index (χ2v) is 5.11. The standard InChI is InChI=1S/C13H26N2O/c1-2-7-14-10-12-5-3-4-8-15(12)13-6-9-16-11-13/h12-14H,2-11H2,1H3. The third kappa shape index (κ3) is 3.19. The summed E-state index contributed by atoms with van der Waals surface area (Å²) in [6, 6.07) is 1.46. The maximum Gasteiger partial charge on any atom is 0.0622 e. The molecule has 2 saturated heterocycles. The first-order valence-electron chi connectivity index (χ1n) is 6.96. The van der Waals surface area contributed by atoms with Gasteiger partial charge in [-0.2, -0.15) is 0 Å². The Labute approximate surface area is 99.5 Å². The number of ether oxygens (including phenoxy) is 1. The largest absolute Gasteiger partial charge is 0.380 e. The molecule has 2 heterocycles. The minimum atomic E-state index is 0.703. The summed E-state index contributed by atoms with van der Waals surface area (Å²) in [7, 11) is 0. The highest BCUT2D eigenvalue weighted by atomic mass is 16.5. The molecule has 0 bridgehead atoms. The Morgan fingerprint density at radius 2 is 2.25 bits per heavy atom. The Morgan fingerprint density at radius 3 is 3.00 bits per heavy atom. The van der Waals surface area contributed by atoms with Gasteiger partial charge in [0.05, 0.1) is 6.61 Å². The van der Waals surface area contributed by atoms with Crippen molar-refractivity contribution in [2.75, 3.05) is 32.8 Å². The molecule has 2 unspecified atom stereocenters. The van der Waals surface area contributed by atoms with Crippen LogP contribution in [0, 0.1) is 0 Å². The van der Waals surface area contributed by atoms with Gasteiger partial charge < -0.3 is 10.1 Å². The van der Waals surface area contributed by atoms with Crippen LogP contribution in [0.25, 0.3) is 0 Å². The van der Waals surface area contributed by atoms with Crippen molar-refractivity contribution in [3.8, 4) is 0 Å². The second-order valence-electron chi connectivity index (χ2n) is 5.11. The number of rotatable bonds is 5. The molecule has 2 rings (SSSR count). The van der Waals surface area contributed by atoms with Crippen molar-refractivity contribution in [2.45, 2.75) is 51.1 Å². The molecule has 0 aliphatic carbocycles. The van der Waals surface area contributed by atoms with Crippen molar-refractivity contribution in [1.29, 1.82) is 0 Å². The van der Waals surface area contributed by atoms with E-state index in [9.17, 15) is 0 Å². The smallest absolute Gasteiger partial charge is 0.0622 e. The lowest BCUT2D eigenvalue weighted by molar-refractivity contribution is 0.0800. The van der Waals surface area contributed by atoms with Crippen LogP contribution in [0.1, 0.15) is 39.0 Å². The summed E-state index contributed by atoms with van der Waals surface area (Å²) in [4.78, 5) is 2.71. The van der Waals surface area contributed by atoms with Gasteiger partial charge in [-0.15, -0.1) is 0 Å². The quantitative estimate of drug-likeness (QED) is 0.721. The van der Waals surface area contributed by atoms with Crippen molar-refractivity contribution in [2.24, 2.45) is 0 Å². The number of hydrogen-bond donors (Lipinski definition) is 1. The number of nitrogens with one attached hydrogen (secondary N) is 1. The van der Waals surface area contributed by atoms with Crippen molar-refractivity contribution in [3.05, 3.63) is 0 Å². The average molecular weight is 226 g/mol. The Morgan fingerprint density at radius 1 is 1.31 bits per heavy atom. The minimum absolute atomic E-state index is 0.703. The molecule has 16 heavy (non-hydrogen) atoms. The van der Waals surface area contributed by atoms with E-state index in [1.54, 1.807) is 0 Å². The molecule has 0 saturated carbocycles. The molecule has 94 valence electrons. The van der Waals surface area contributed by atoms with Gasteiger partial charge in [-0.25, -0.2) is 0 Å². The summed E-state index contributed by atoms with van der Waals surface area (Å²) >= 11 is 0. The van der Waals surface area contributed by atoms with Crippen LogP contribution in [0.3, 0.4) is 0 Å². The van der Waals surface area contributed by atoms with E-state index >= 15 is 0 Å². The fourth-order valence-corrected chi connectivity index (χ4v) is 2.95. The van der Waals surface area contributed by atoms with Gasteiger partial charge in [0.25, 0.3) is 0 Å². The van der Waals surface area contributed by atoms with E-state index in [1.165, 1.54) is 45.2 Å². The molecule has 3 nitrogen and oxygen atoms in total. The van der Waals surface area contributed by atoms with Crippen LogP contribution in [-0.2, 0) is 4.74 Å². The molecule has 0 radical (unpaired) electrons. The minimum Gasteiger partial charge on any atom is -0.380 e. The Hall–Kier alpha value is -0.120. The summed E-state index contributed by atoms with van der Waals surface area (Å²) in [5, 5.41) is 3.58. The molecule has 3 heteroatoms. The maximum absolute atomic E-state index is 5.52. The number of piperidine rings is 1. The summed E-state index contributed by atoms with van der Waals surface area (Å²) in [5.41, 5.74) is 0. The van der Waals surface area contributed by atoms with Crippen LogP contribution in [0.4, 0.5) is 0 Å². The van der Waals surface area contributed by atoms with Gasteiger partial charge in [0.1, 0.15) is 0 Å². The maximum atomic E-state index is 5.52. The predicted molar refractivity (Wildman–Crippen MR) is 66.7 cm³/mol. The topological polar surface area (TPSA) is 24.5 Å². The lowest BCUT2D eigenvalue weighted by atomic mass is 9.99. The summed E-state index contributed by atoms with van der Waals surface area (Å²) in [5.74, 6) is 0. The SMILES string of the molecule is CCCNCC1CCCCN1C1CCOC1. The van der Waals surface area contributed by atoms with Crippen LogP contribution in [0.5, 0.6) is 0 Å². The molecule has 0 aromatic carbocycles. The fourth-order valence-electron chi connectivity index (χ4n) is 2.95. The molecular weight excluding hydrogens is 200 g/mol.